The molecule has 3 atom stereocenters. The molecule has 2 rings (SSSR count). The van der Waals surface area contributed by atoms with Crippen molar-refractivity contribution in [3.05, 3.63) is 60.2 Å². The zero-order valence-corrected chi connectivity index (χ0v) is 18.0. The Bertz CT molecular complexity index is 886. The highest BCUT2D eigenvalue weighted by molar-refractivity contribution is 5.90. The fourth-order valence-corrected chi connectivity index (χ4v) is 3.13. The van der Waals surface area contributed by atoms with Gasteiger partial charge in [-0.25, -0.2) is 18.8 Å². The molecule has 0 radical (unpaired) electrons. The van der Waals surface area contributed by atoms with Crippen LogP contribution in [0, 0.1) is 0 Å². The maximum Gasteiger partial charge on any atom is 0.338 e. The van der Waals surface area contributed by atoms with E-state index in [0.29, 0.717) is 18.4 Å². The first-order chi connectivity index (χ1) is 14.5. The van der Waals surface area contributed by atoms with Gasteiger partial charge in [-0.1, -0.05) is 19.7 Å². The van der Waals surface area contributed by atoms with Crippen molar-refractivity contribution in [2.45, 2.75) is 58.2 Å². The quantitative estimate of drug-likeness (QED) is 0.353. The molecule has 1 aromatic carbocycles. The fraction of sp³-hybridized carbons (Fsp3) is 0.375. The van der Waals surface area contributed by atoms with Crippen molar-refractivity contribution in [1.82, 2.24) is 0 Å². The van der Waals surface area contributed by atoms with Crippen LogP contribution in [-0.4, -0.2) is 30.2 Å². The van der Waals surface area contributed by atoms with Crippen molar-refractivity contribution in [3.8, 4) is 11.5 Å². The normalized spacial score (nSPS) is 20.3. The van der Waals surface area contributed by atoms with E-state index in [1.54, 1.807) is 0 Å². The first kappa shape index (κ1) is 24.1. The van der Waals surface area contributed by atoms with Crippen LogP contribution >= 0.6 is 0 Å². The van der Waals surface area contributed by atoms with Crippen LogP contribution < -0.4 is 9.47 Å². The molecule has 6 nitrogen and oxygen atoms in total. The summed E-state index contributed by atoms with van der Waals surface area (Å²) in [6, 6.07) is 4.45. The number of alkyl halides is 1. The van der Waals surface area contributed by atoms with Gasteiger partial charge in [0, 0.05) is 35.1 Å². The Morgan fingerprint density at radius 1 is 0.839 bits per heavy atom. The first-order valence-corrected chi connectivity index (χ1v) is 9.88. The molecule has 0 amide bonds. The van der Waals surface area contributed by atoms with Crippen molar-refractivity contribution in [1.29, 1.82) is 0 Å². The SMILES string of the molecule is C=C(C)C(=O)Oc1cc(OC(=O)C(=C)C)cc([C@@H]2CCC(OC(=O)C(=C)C)CC2F)c1. The highest BCUT2D eigenvalue weighted by Crippen LogP contribution is 2.39. The van der Waals surface area contributed by atoms with Crippen molar-refractivity contribution >= 4 is 17.9 Å². The Kier molecular flexibility index (Phi) is 7.91. The molecule has 1 saturated carbocycles. The highest BCUT2D eigenvalue weighted by atomic mass is 19.1. The van der Waals surface area contributed by atoms with Crippen LogP contribution in [0.15, 0.2) is 54.7 Å². The molecule has 1 aliphatic carbocycles. The summed E-state index contributed by atoms with van der Waals surface area (Å²) in [6.07, 6.45) is -0.976. The zero-order valence-electron chi connectivity index (χ0n) is 18.0. The van der Waals surface area contributed by atoms with Gasteiger partial charge in [-0.3, -0.25) is 0 Å². The number of carbonyl (C=O) groups is 3. The van der Waals surface area contributed by atoms with Crippen molar-refractivity contribution in [2.24, 2.45) is 0 Å². The second-order valence-corrected chi connectivity index (χ2v) is 7.82. The fourth-order valence-electron chi connectivity index (χ4n) is 3.13. The van der Waals surface area contributed by atoms with Crippen LogP contribution in [0.25, 0.3) is 0 Å². The molecule has 7 heteroatoms. The number of carbonyl (C=O) groups excluding carboxylic acids is 3. The van der Waals surface area contributed by atoms with E-state index in [4.69, 9.17) is 14.2 Å². The lowest BCUT2D eigenvalue weighted by Crippen LogP contribution is -2.31. The van der Waals surface area contributed by atoms with Crippen molar-refractivity contribution in [2.75, 3.05) is 0 Å². The molecule has 0 bridgehead atoms. The largest absolute Gasteiger partial charge is 0.459 e. The Balaban J connectivity index is 2.27. The van der Waals surface area contributed by atoms with Crippen LogP contribution in [0.4, 0.5) is 4.39 Å². The van der Waals surface area contributed by atoms with Gasteiger partial charge in [-0.2, -0.15) is 0 Å². The van der Waals surface area contributed by atoms with Gasteiger partial charge in [0.1, 0.15) is 23.8 Å². The molecule has 2 unspecified atom stereocenters. The molecule has 0 heterocycles. The number of esters is 3. The monoisotopic (exact) mass is 430 g/mol. The minimum absolute atomic E-state index is 0.0281. The number of rotatable bonds is 7. The second-order valence-electron chi connectivity index (χ2n) is 7.82. The van der Waals surface area contributed by atoms with Gasteiger partial charge in [0.05, 0.1) is 0 Å². The summed E-state index contributed by atoms with van der Waals surface area (Å²) in [7, 11) is 0. The highest BCUT2D eigenvalue weighted by Gasteiger charge is 2.34. The molecule has 0 N–H and O–H groups in total. The van der Waals surface area contributed by atoms with E-state index in [2.05, 4.69) is 19.7 Å². The predicted molar refractivity (Wildman–Crippen MR) is 114 cm³/mol. The van der Waals surface area contributed by atoms with Crippen molar-refractivity contribution in [3.63, 3.8) is 0 Å². The molecule has 31 heavy (non-hydrogen) atoms. The topological polar surface area (TPSA) is 78.9 Å². The maximum absolute atomic E-state index is 15.0. The lowest BCUT2D eigenvalue weighted by Gasteiger charge is -2.32. The van der Waals surface area contributed by atoms with E-state index in [1.165, 1.54) is 39.0 Å². The summed E-state index contributed by atoms with van der Waals surface area (Å²) in [6.45, 7) is 15.1. The summed E-state index contributed by atoms with van der Waals surface area (Å²) < 4.78 is 30.8. The molecule has 1 fully saturated rings. The minimum Gasteiger partial charge on any atom is -0.459 e. The molecular formula is C24H27FO6. The van der Waals surface area contributed by atoms with E-state index >= 15 is 4.39 Å². The van der Waals surface area contributed by atoms with Gasteiger partial charge in [-0.05, 0) is 51.3 Å². The van der Waals surface area contributed by atoms with E-state index in [0.717, 1.165) is 0 Å². The average molecular weight is 430 g/mol. The van der Waals surface area contributed by atoms with E-state index < -0.39 is 36.1 Å². The molecule has 166 valence electrons. The summed E-state index contributed by atoms with van der Waals surface area (Å²) in [4.78, 5) is 35.6. The van der Waals surface area contributed by atoms with E-state index in [1.807, 2.05) is 0 Å². The summed E-state index contributed by atoms with van der Waals surface area (Å²) in [5.41, 5.74) is 1.14. The lowest BCUT2D eigenvalue weighted by atomic mass is 9.81. The lowest BCUT2D eigenvalue weighted by molar-refractivity contribution is -0.146. The van der Waals surface area contributed by atoms with Crippen molar-refractivity contribution < 1.29 is 33.0 Å². The standard InChI is InChI=1S/C24H27FO6/c1-13(2)22(26)29-17-7-8-20(21(25)12-17)16-9-18(30-23(27)14(3)4)11-19(10-16)31-24(28)15(5)6/h9-11,17,20-21H,1,3,5,7-8,12H2,2,4,6H3/t17?,20-,21?/m0/s1. The van der Waals surface area contributed by atoms with Crippen LogP contribution in [-0.2, 0) is 19.1 Å². The third kappa shape index (κ3) is 6.64. The predicted octanol–water partition coefficient (Wildman–Crippen LogP) is 4.74. The van der Waals surface area contributed by atoms with E-state index in [9.17, 15) is 14.4 Å². The number of hydrogen-bond donors (Lipinski definition) is 0. The van der Waals surface area contributed by atoms with Gasteiger partial charge < -0.3 is 14.2 Å². The Morgan fingerprint density at radius 3 is 1.74 bits per heavy atom. The van der Waals surface area contributed by atoms with Gasteiger partial charge in [-0.15, -0.1) is 0 Å². The van der Waals surface area contributed by atoms with Gasteiger partial charge in [0.25, 0.3) is 0 Å². The Hall–Kier alpha value is -3.22. The van der Waals surface area contributed by atoms with Crippen LogP contribution in [0.3, 0.4) is 0 Å². The Labute approximate surface area is 181 Å². The molecule has 0 aliphatic heterocycles. The Morgan fingerprint density at radius 2 is 1.32 bits per heavy atom. The molecular weight excluding hydrogens is 403 g/mol. The first-order valence-electron chi connectivity index (χ1n) is 9.88. The zero-order chi connectivity index (χ0) is 23.3. The molecule has 0 saturated heterocycles. The number of ether oxygens (including phenoxy) is 3. The summed E-state index contributed by atoms with van der Waals surface area (Å²) in [5.74, 6) is -2.18. The van der Waals surface area contributed by atoms with Gasteiger partial charge >= 0.3 is 17.9 Å². The molecule has 0 aromatic heterocycles. The van der Waals surface area contributed by atoms with Gasteiger partial charge in [0.15, 0.2) is 0 Å². The molecule has 1 aromatic rings. The third-order valence-corrected chi connectivity index (χ3v) is 4.80. The summed E-state index contributed by atoms with van der Waals surface area (Å²) in [5, 5.41) is 0. The van der Waals surface area contributed by atoms with Gasteiger partial charge in [0.2, 0.25) is 0 Å². The summed E-state index contributed by atoms with van der Waals surface area (Å²) >= 11 is 0. The minimum atomic E-state index is -1.31. The number of halogens is 1. The average Bonchev–Trinajstić information content (AvgIpc) is 2.67. The molecule has 1 aliphatic rings. The maximum atomic E-state index is 15.0. The third-order valence-electron chi connectivity index (χ3n) is 4.80. The number of hydrogen-bond acceptors (Lipinski definition) is 6. The smallest absolute Gasteiger partial charge is 0.338 e. The number of benzene rings is 1. The van der Waals surface area contributed by atoms with Crippen LogP contribution in [0.2, 0.25) is 0 Å². The van der Waals surface area contributed by atoms with Crippen LogP contribution in [0.1, 0.15) is 51.5 Å². The van der Waals surface area contributed by atoms with E-state index in [-0.39, 0.29) is 34.6 Å². The van der Waals surface area contributed by atoms with Crippen LogP contribution in [0.5, 0.6) is 11.5 Å². The second kappa shape index (κ2) is 10.2. The molecule has 0 spiro atoms.